The molecular weight excluding hydrogens is 142 g/mol. The van der Waals surface area contributed by atoms with E-state index >= 15 is 0 Å². The van der Waals surface area contributed by atoms with Crippen LogP contribution >= 0.6 is 11.8 Å². The summed E-state index contributed by atoms with van der Waals surface area (Å²) in [6, 6.07) is 0.812. The lowest BCUT2D eigenvalue weighted by Gasteiger charge is -2.10. The molecule has 1 fully saturated rings. The van der Waals surface area contributed by atoms with Gasteiger partial charge in [0.25, 0.3) is 0 Å². The minimum atomic E-state index is 0.794. The highest BCUT2D eigenvalue weighted by molar-refractivity contribution is 7.99. The first-order chi connectivity index (χ1) is 4.79. The van der Waals surface area contributed by atoms with Crippen LogP contribution in [0.3, 0.4) is 0 Å². The highest BCUT2D eigenvalue weighted by atomic mass is 32.2. The van der Waals surface area contributed by atoms with Gasteiger partial charge < -0.3 is 5.32 Å². The van der Waals surface area contributed by atoms with E-state index in [1.54, 1.807) is 0 Å². The smallest absolute Gasteiger partial charge is 0.0158 e. The molecule has 0 amide bonds. The van der Waals surface area contributed by atoms with Crippen LogP contribution in [0.4, 0.5) is 0 Å². The molecule has 0 radical (unpaired) electrons. The summed E-state index contributed by atoms with van der Waals surface area (Å²) in [5.41, 5.74) is 0. The number of rotatable bonds is 3. The van der Waals surface area contributed by atoms with E-state index in [4.69, 9.17) is 0 Å². The van der Waals surface area contributed by atoms with E-state index in [-0.39, 0.29) is 0 Å². The normalized spacial score (nSPS) is 26.1. The lowest BCUT2D eigenvalue weighted by Crippen LogP contribution is -2.24. The zero-order valence-electron chi connectivity index (χ0n) is 6.89. The van der Waals surface area contributed by atoms with Crippen molar-refractivity contribution in [1.29, 1.82) is 0 Å². The highest BCUT2D eigenvalue weighted by Gasteiger charge is 2.13. The molecule has 1 saturated heterocycles. The van der Waals surface area contributed by atoms with Gasteiger partial charge in [-0.05, 0) is 24.6 Å². The van der Waals surface area contributed by atoms with Crippen molar-refractivity contribution < 1.29 is 0 Å². The van der Waals surface area contributed by atoms with Gasteiger partial charge in [-0.25, -0.2) is 0 Å². The third-order valence-electron chi connectivity index (χ3n) is 1.79. The molecule has 0 aliphatic carbocycles. The third kappa shape index (κ3) is 2.93. The molecule has 1 unspecified atom stereocenters. The molecule has 1 aliphatic heterocycles. The fourth-order valence-electron chi connectivity index (χ4n) is 1.21. The highest BCUT2D eigenvalue weighted by Crippen LogP contribution is 2.15. The molecule has 0 aromatic heterocycles. The third-order valence-corrected chi connectivity index (χ3v) is 3.05. The summed E-state index contributed by atoms with van der Waals surface area (Å²) in [6.45, 7) is 5.77. The van der Waals surface area contributed by atoms with Crippen molar-refractivity contribution in [2.45, 2.75) is 38.0 Å². The van der Waals surface area contributed by atoms with E-state index < -0.39 is 0 Å². The molecule has 1 N–H and O–H groups in total. The molecule has 1 atom stereocenters. The standard InChI is InChI=1S/C8H17NS/c1-7(2)10-6-8-4-3-5-9-8/h7-9H,3-6H2,1-2H3. The first-order valence-electron chi connectivity index (χ1n) is 4.14. The Morgan fingerprint density at radius 2 is 2.40 bits per heavy atom. The van der Waals surface area contributed by atoms with Crippen LogP contribution in [0, 0.1) is 0 Å². The van der Waals surface area contributed by atoms with E-state index in [2.05, 4.69) is 30.9 Å². The lowest BCUT2D eigenvalue weighted by atomic mass is 10.3. The second kappa shape index (κ2) is 4.24. The first kappa shape index (κ1) is 8.41. The minimum Gasteiger partial charge on any atom is -0.313 e. The summed E-state index contributed by atoms with van der Waals surface area (Å²) in [6.07, 6.45) is 2.77. The predicted molar refractivity (Wildman–Crippen MR) is 48.6 cm³/mol. The number of thioether (sulfide) groups is 1. The van der Waals surface area contributed by atoms with Crippen LogP contribution in [0.5, 0.6) is 0 Å². The molecule has 1 aliphatic rings. The average molecular weight is 159 g/mol. The van der Waals surface area contributed by atoms with E-state index in [9.17, 15) is 0 Å². The number of nitrogens with one attached hydrogen (secondary N) is 1. The van der Waals surface area contributed by atoms with Crippen molar-refractivity contribution in [2.75, 3.05) is 12.3 Å². The summed E-state index contributed by atoms with van der Waals surface area (Å²) < 4.78 is 0. The average Bonchev–Trinajstić information content (AvgIpc) is 2.34. The van der Waals surface area contributed by atoms with Crippen molar-refractivity contribution in [3.05, 3.63) is 0 Å². The van der Waals surface area contributed by atoms with Gasteiger partial charge in [-0.3, -0.25) is 0 Å². The lowest BCUT2D eigenvalue weighted by molar-refractivity contribution is 0.673. The van der Waals surface area contributed by atoms with Gasteiger partial charge in [0.15, 0.2) is 0 Å². The zero-order chi connectivity index (χ0) is 7.40. The van der Waals surface area contributed by atoms with Crippen LogP contribution in [0.2, 0.25) is 0 Å². The maximum atomic E-state index is 3.49. The molecule has 0 bridgehead atoms. The molecule has 1 nitrogen and oxygen atoms in total. The van der Waals surface area contributed by atoms with Crippen LogP contribution in [0.1, 0.15) is 26.7 Å². The Balaban J connectivity index is 2.01. The second-order valence-corrected chi connectivity index (χ2v) is 4.78. The van der Waals surface area contributed by atoms with Crippen molar-refractivity contribution in [1.82, 2.24) is 5.32 Å². The quantitative estimate of drug-likeness (QED) is 0.675. The summed E-state index contributed by atoms with van der Waals surface area (Å²) in [4.78, 5) is 0. The van der Waals surface area contributed by atoms with Gasteiger partial charge in [-0.1, -0.05) is 13.8 Å². The molecule has 0 spiro atoms. The maximum Gasteiger partial charge on any atom is 0.0158 e. The van der Waals surface area contributed by atoms with Gasteiger partial charge in [0.05, 0.1) is 0 Å². The number of hydrogen-bond donors (Lipinski definition) is 1. The SMILES string of the molecule is CC(C)SCC1CCCN1. The number of hydrogen-bond acceptors (Lipinski definition) is 2. The molecule has 1 heterocycles. The van der Waals surface area contributed by atoms with E-state index in [1.807, 2.05) is 0 Å². The van der Waals surface area contributed by atoms with Gasteiger partial charge >= 0.3 is 0 Å². The van der Waals surface area contributed by atoms with Crippen molar-refractivity contribution in [2.24, 2.45) is 0 Å². The monoisotopic (exact) mass is 159 g/mol. The van der Waals surface area contributed by atoms with E-state index in [0.29, 0.717) is 0 Å². The van der Waals surface area contributed by atoms with Crippen LogP contribution in [-0.2, 0) is 0 Å². The van der Waals surface area contributed by atoms with Crippen LogP contribution in [0.15, 0.2) is 0 Å². The summed E-state index contributed by atoms with van der Waals surface area (Å²) >= 11 is 2.07. The Kier molecular flexibility index (Phi) is 3.57. The topological polar surface area (TPSA) is 12.0 Å². The van der Waals surface area contributed by atoms with E-state index in [0.717, 1.165) is 11.3 Å². The van der Waals surface area contributed by atoms with Gasteiger partial charge in [0, 0.05) is 11.8 Å². The van der Waals surface area contributed by atoms with Crippen molar-refractivity contribution >= 4 is 11.8 Å². The van der Waals surface area contributed by atoms with Gasteiger partial charge in [-0.2, -0.15) is 11.8 Å². The van der Waals surface area contributed by atoms with Gasteiger partial charge in [0.2, 0.25) is 0 Å². The van der Waals surface area contributed by atoms with Crippen molar-refractivity contribution in [3.8, 4) is 0 Å². The Morgan fingerprint density at radius 1 is 1.60 bits per heavy atom. The zero-order valence-corrected chi connectivity index (χ0v) is 7.71. The van der Waals surface area contributed by atoms with Crippen LogP contribution in [-0.4, -0.2) is 23.6 Å². The Hall–Kier alpha value is 0.310. The molecule has 60 valence electrons. The molecule has 1 rings (SSSR count). The second-order valence-electron chi connectivity index (χ2n) is 3.18. The predicted octanol–water partition coefficient (Wildman–Crippen LogP) is 1.88. The summed E-state index contributed by atoms with van der Waals surface area (Å²) in [5, 5.41) is 4.28. The molecule has 0 aromatic rings. The van der Waals surface area contributed by atoms with Gasteiger partial charge in [-0.15, -0.1) is 0 Å². The largest absolute Gasteiger partial charge is 0.313 e. The molecule has 2 heteroatoms. The summed E-state index contributed by atoms with van der Waals surface area (Å²) in [7, 11) is 0. The fraction of sp³-hybridized carbons (Fsp3) is 1.00. The fourth-order valence-corrected chi connectivity index (χ4v) is 2.11. The molecule has 10 heavy (non-hydrogen) atoms. The van der Waals surface area contributed by atoms with Crippen LogP contribution in [0.25, 0.3) is 0 Å². The Morgan fingerprint density at radius 3 is 2.90 bits per heavy atom. The van der Waals surface area contributed by atoms with Crippen LogP contribution < -0.4 is 5.32 Å². The molecule has 0 aromatic carbocycles. The maximum absolute atomic E-state index is 3.49. The molecule has 0 saturated carbocycles. The van der Waals surface area contributed by atoms with E-state index in [1.165, 1.54) is 25.1 Å². The first-order valence-corrected chi connectivity index (χ1v) is 5.19. The van der Waals surface area contributed by atoms with Gasteiger partial charge in [0.1, 0.15) is 0 Å². The summed E-state index contributed by atoms with van der Waals surface area (Å²) in [5.74, 6) is 1.30. The van der Waals surface area contributed by atoms with Crippen molar-refractivity contribution in [3.63, 3.8) is 0 Å². The Bertz CT molecular complexity index is 87.3. The minimum absolute atomic E-state index is 0.794. The Labute approximate surface area is 68.0 Å². The molecular formula is C8H17NS.